The molecule has 1 saturated heterocycles. The van der Waals surface area contributed by atoms with Gasteiger partial charge in [0.15, 0.2) is 0 Å². The van der Waals surface area contributed by atoms with Crippen molar-refractivity contribution in [1.82, 2.24) is 35.2 Å². The van der Waals surface area contributed by atoms with Gasteiger partial charge < -0.3 is 9.88 Å². The van der Waals surface area contributed by atoms with Crippen LogP contribution in [0.15, 0.2) is 24.4 Å². The summed E-state index contributed by atoms with van der Waals surface area (Å²) in [6.45, 7) is 5.05. The summed E-state index contributed by atoms with van der Waals surface area (Å²) in [5, 5.41) is 18.9. The maximum atomic E-state index is 14.2. The number of piperidine rings is 1. The maximum absolute atomic E-state index is 14.2. The fraction of sp³-hybridized carbons (Fsp3) is 0.450. The van der Waals surface area contributed by atoms with E-state index >= 15 is 0 Å². The molecular formula is C20H24ClF2N7. The Morgan fingerprint density at radius 3 is 2.60 bits per heavy atom. The van der Waals surface area contributed by atoms with Crippen molar-refractivity contribution >= 4 is 12.4 Å². The molecule has 1 fully saturated rings. The largest absolute Gasteiger partial charge is 0.312 e. The smallest absolute Gasteiger partial charge is 0.147 e. The Hall–Kier alpha value is -2.36. The number of rotatable bonds is 4. The van der Waals surface area contributed by atoms with Crippen LogP contribution in [-0.2, 0) is 19.6 Å². The van der Waals surface area contributed by atoms with Crippen LogP contribution in [-0.4, -0.2) is 49.5 Å². The Labute approximate surface area is 179 Å². The third-order valence-corrected chi connectivity index (χ3v) is 5.93. The van der Waals surface area contributed by atoms with Crippen molar-refractivity contribution in [2.75, 3.05) is 19.6 Å². The van der Waals surface area contributed by atoms with Crippen LogP contribution >= 0.6 is 12.4 Å². The first-order chi connectivity index (χ1) is 14.2. The van der Waals surface area contributed by atoms with Crippen molar-refractivity contribution in [3.05, 3.63) is 53.2 Å². The minimum absolute atomic E-state index is 0. The Morgan fingerprint density at radius 1 is 1.07 bits per heavy atom. The Morgan fingerprint density at radius 2 is 1.83 bits per heavy atom. The highest BCUT2D eigenvalue weighted by Crippen LogP contribution is 2.31. The summed E-state index contributed by atoms with van der Waals surface area (Å²) >= 11 is 0. The summed E-state index contributed by atoms with van der Waals surface area (Å²) < 4.78 is 30.7. The molecule has 1 aromatic carbocycles. The zero-order valence-corrected chi connectivity index (χ0v) is 17.3. The van der Waals surface area contributed by atoms with Gasteiger partial charge in [0.25, 0.3) is 0 Å². The Balaban J connectivity index is 0.00000218. The Bertz CT molecular complexity index is 990. The lowest BCUT2D eigenvalue weighted by atomic mass is 9.95. The van der Waals surface area contributed by atoms with E-state index in [9.17, 15) is 8.78 Å². The first-order valence-corrected chi connectivity index (χ1v) is 10.0. The highest BCUT2D eigenvalue weighted by molar-refractivity contribution is 5.85. The number of nitrogens with one attached hydrogen (secondary N) is 2. The second-order valence-corrected chi connectivity index (χ2v) is 7.72. The third kappa shape index (κ3) is 3.84. The molecule has 0 amide bonds. The second-order valence-electron chi connectivity index (χ2n) is 7.72. The molecule has 160 valence electrons. The van der Waals surface area contributed by atoms with Crippen LogP contribution in [0.2, 0.25) is 0 Å². The van der Waals surface area contributed by atoms with Gasteiger partial charge in [-0.05, 0) is 38.1 Å². The Kier molecular flexibility index (Phi) is 6.12. The van der Waals surface area contributed by atoms with Gasteiger partial charge in [0, 0.05) is 31.1 Å². The van der Waals surface area contributed by atoms with Crippen LogP contribution in [0.25, 0.3) is 11.3 Å². The van der Waals surface area contributed by atoms with E-state index in [1.165, 1.54) is 18.2 Å². The number of aromatic amines is 1. The molecule has 0 saturated carbocycles. The molecule has 0 bridgehead atoms. The number of aromatic nitrogens is 5. The molecule has 2 aliphatic heterocycles. The SMILES string of the molecule is Cl.Fc1cccc(F)c1-c1[nH]ncc1CN1CCC(c2nnc3n2CCNC3)CC1. The zero-order valence-electron chi connectivity index (χ0n) is 16.4. The van der Waals surface area contributed by atoms with Gasteiger partial charge in [-0.15, -0.1) is 22.6 Å². The van der Waals surface area contributed by atoms with E-state index in [1.807, 2.05) is 0 Å². The van der Waals surface area contributed by atoms with Gasteiger partial charge in [-0.25, -0.2) is 8.78 Å². The van der Waals surface area contributed by atoms with Crippen molar-refractivity contribution in [1.29, 1.82) is 0 Å². The molecule has 2 N–H and O–H groups in total. The molecule has 7 nitrogen and oxygen atoms in total. The lowest BCUT2D eigenvalue weighted by Crippen LogP contribution is -2.34. The fourth-order valence-electron chi connectivity index (χ4n) is 4.39. The van der Waals surface area contributed by atoms with E-state index in [1.54, 1.807) is 6.20 Å². The van der Waals surface area contributed by atoms with Gasteiger partial charge in [0.1, 0.15) is 23.3 Å². The number of benzene rings is 1. The fourth-order valence-corrected chi connectivity index (χ4v) is 4.39. The third-order valence-electron chi connectivity index (χ3n) is 5.93. The van der Waals surface area contributed by atoms with E-state index in [0.717, 1.165) is 62.8 Å². The first-order valence-electron chi connectivity index (χ1n) is 10.0. The monoisotopic (exact) mass is 435 g/mol. The molecule has 2 aliphatic rings. The van der Waals surface area contributed by atoms with Crippen molar-refractivity contribution in [2.24, 2.45) is 0 Å². The topological polar surface area (TPSA) is 74.7 Å². The number of hydrogen-bond donors (Lipinski definition) is 2. The predicted octanol–water partition coefficient (Wildman–Crippen LogP) is 2.85. The zero-order chi connectivity index (χ0) is 19.8. The summed E-state index contributed by atoms with van der Waals surface area (Å²) in [4.78, 5) is 2.30. The minimum atomic E-state index is -0.583. The molecule has 10 heteroatoms. The van der Waals surface area contributed by atoms with E-state index in [2.05, 4.69) is 35.2 Å². The molecular weight excluding hydrogens is 412 g/mol. The molecule has 0 spiro atoms. The molecule has 4 heterocycles. The number of hydrogen-bond acceptors (Lipinski definition) is 5. The predicted molar refractivity (Wildman–Crippen MR) is 110 cm³/mol. The first kappa shape index (κ1) is 20.9. The van der Waals surface area contributed by atoms with Gasteiger partial charge in [0.05, 0.1) is 24.0 Å². The van der Waals surface area contributed by atoms with E-state index in [4.69, 9.17) is 0 Å². The van der Waals surface area contributed by atoms with E-state index in [-0.39, 0.29) is 18.0 Å². The summed E-state index contributed by atoms with van der Waals surface area (Å²) in [6, 6.07) is 3.90. The molecule has 0 aliphatic carbocycles. The average molecular weight is 436 g/mol. The number of likely N-dealkylation sites (tertiary alicyclic amines) is 1. The van der Waals surface area contributed by atoms with Gasteiger partial charge in [-0.1, -0.05) is 6.07 Å². The van der Waals surface area contributed by atoms with Crippen LogP contribution in [0.4, 0.5) is 8.78 Å². The summed E-state index contributed by atoms with van der Waals surface area (Å²) in [6.07, 6.45) is 3.65. The highest BCUT2D eigenvalue weighted by Gasteiger charge is 2.28. The van der Waals surface area contributed by atoms with Gasteiger partial charge in [-0.3, -0.25) is 10.00 Å². The summed E-state index contributed by atoms with van der Waals surface area (Å²) in [7, 11) is 0. The van der Waals surface area contributed by atoms with Gasteiger partial charge in [0.2, 0.25) is 0 Å². The molecule has 30 heavy (non-hydrogen) atoms. The number of halogens is 3. The number of fused-ring (bicyclic) bond motifs is 1. The molecule has 0 radical (unpaired) electrons. The van der Waals surface area contributed by atoms with Gasteiger partial charge in [-0.2, -0.15) is 5.10 Å². The molecule has 0 atom stereocenters. The van der Waals surface area contributed by atoms with Crippen molar-refractivity contribution in [3.63, 3.8) is 0 Å². The second kappa shape index (κ2) is 8.79. The van der Waals surface area contributed by atoms with Crippen LogP contribution in [0, 0.1) is 11.6 Å². The lowest BCUT2D eigenvalue weighted by Gasteiger charge is -2.32. The number of nitrogens with zero attached hydrogens (tertiary/aromatic N) is 5. The summed E-state index contributed by atoms with van der Waals surface area (Å²) in [5.74, 6) is 1.35. The van der Waals surface area contributed by atoms with Crippen LogP contribution in [0.1, 0.15) is 36.0 Å². The maximum Gasteiger partial charge on any atom is 0.147 e. The molecule has 5 rings (SSSR count). The summed E-state index contributed by atoms with van der Waals surface area (Å²) in [5.41, 5.74) is 1.18. The van der Waals surface area contributed by atoms with Crippen molar-refractivity contribution in [3.8, 4) is 11.3 Å². The van der Waals surface area contributed by atoms with Crippen LogP contribution in [0.5, 0.6) is 0 Å². The van der Waals surface area contributed by atoms with E-state index < -0.39 is 11.6 Å². The van der Waals surface area contributed by atoms with Crippen molar-refractivity contribution < 1.29 is 8.78 Å². The average Bonchev–Trinajstić information content (AvgIpc) is 3.36. The highest BCUT2D eigenvalue weighted by atomic mass is 35.5. The standard InChI is InChI=1S/C20H23F2N7.ClH/c21-15-2-1-3-16(22)18(15)19-14(10-24-26-19)12-28-7-4-13(5-8-28)20-27-25-17-11-23-6-9-29(17)20;/h1-3,10,13,23H,4-9,11-12H2,(H,24,26);1H. The quantitative estimate of drug-likeness (QED) is 0.659. The van der Waals surface area contributed by atoms with Crippen LogP contribution < -0.4 is 5.32 Å². The molecule has 2 aromatic heterocycles. The van der Waals surface area contributed by atoms with Gasteiger partial charge >= 0.3 is 0 Å². The lowest BCUT2D eigenvalue weighted by molar-refractivity contribution is 0.199. The van der Waals surface area contributed by atoms with Crippen LogP contribution in [0.3, 0.4) is 0 Å². The molecule has 3 aromatic rings. The minimum Gasteiger partial charge on any atom is -0.312 e. The normalized spacial score (nSPS) is 17.5. The molecule has 0 unspecified atom stereocenters. The van der Waals surface area contributed by atoms with E-state index in [0.29, 0.717) is 18.2 Å². The number of H-pyrrole nitrogens is 1. The van der Waals surface area contributed by atoms with Crippen molar-refractivity contribution in [2.45, 2.75) is 38.4 Å².